The summed E-state index contributed by atoms with van der Waals surface area (Å²) < 4.78 is 17.3. The molecule has 154 valence electrons. The van der Waals surface area contributed by atoms with Crippen LogP contribution in [0.3, 0.4) is 0 Å². The molecule has 6 heteroatoms. The summed E-state index contributed by atoms with van der Waals surface area (Å²) in [5, 5.41) is 2.81. The predicted octanol–water partition coefficient (Wildman–Crippen LogP) is 4.20. The fourth-order valence-corrected chi connectivity index (χ4v) is 3.93. The van der Waals surface area contributed by atoms with Crippen molar-refractivity contribution in [2.24, 2.45) is 0 Å². The summed E-state index contributed by atoms with van der Waals surface area (Å²) in [5.41, 5.74) is 2.99. The highest BCUT2D eigenvalue weighted by Crippen LogP contribution is 2.19. The topological polar surface area (TPSA) is 72.5 Å². The molecule has 0 radical (unpaired) electrons. The van der Waals surface area contributed by atoms with Gasteiger partial charge in [0, 0.05) is 11.4 Å². The zero-order valence-corrected chi connectivity index (χ0v) is 17.5. The molecule has 0 heterocycles. The van der Waals surface area contributed by atoms with Crippen molar-refractivity contribution in [3.8, 4) is 0 Å². The van der Waals surface area contributed by atoms with Crippen molar-refractivity contribution in [2.45, 2.75) is 18.2 Å². The number of rotatable bonds is 8. The van der Waals surface area contributed by atoms with E-state index >= 15 is 0 Å². The van der Waals surface area contributed by atoms with Crippen LogP contribution in [-0.2, 0) is 26.8 Å². The van der Waals surface area contributed by atoms with Crippen LogP contribution in [0.1, 0.15) is 28.4 Å². The molecule has 0 bridgehead atoms. The van der Waals surface area contributed by atoms with E-state index in [9.17, 15) is 13.8 Å². The summed E-state index contributed by atoms with van der Waals surface area (Å²) in [4.78, 5) is 25.2. The molecule has 1 atom stereocenters. The molecule has 0 aromatic heterocycles. The molecule has 5 nitrogen and oxygen atoms in total. The van der Waals surface area contributed by atoms with Gasteiger partial charge in [0.05, 0.1) is 21.3 Å². The fourth-order valence-electron chi connectivity index (χ4n) is 3.00. The predicted molar refractivity (Wildman–Crippen MR) is 118 cm³/mol. The molecule has 1 amide bonds. The quantitative estimate of drug-likeness (QED) is 0.553. The number of anilines is 1. The zero-order valence-electron chi connectivity index (χ0n) is 16.7. The number of nitrogens with one attached hydrogen (secondary N) is 1. The Morgan fingerprint density at radius 3 is 2.33 bits per heavy atom. The largest absolute Gasteiger partial charge is 0.452 e. The van der Waals surface area contributed by atoms with Gasteiger partial charge in [0.2, 0.25) is 0 Å². The van der Waals surface area contributed by atoms with Crippen LogP contribution in [-0.4, -0.2) is 28.4 Å². The molecule has 0 spiro atoms. The van der Waals surface area contributed by atoms with Crippen LogP contribution >= 0.6 is 0 Å². The molecular formula is C24H23NO4S. The van der Waals surface area contributed by atoms with Crippen LogP contribution in [0.15, 0.2) is 83.8 Å². The third-order valence-electron chi connectivity index (χ3n) is 4.48. The summed E-state index contributed by atoms with van der Waals surface area (Å²) in [7, 11) is -1.29. The second kappa shape index (κ2) is 10.5. The van der Waals surface area contributed by atoms with Gasteiger partial charge in [-0.3, -0.25) is 9.00 Å². The Hall–Kier alpha value is -3.25. The van der Waals surface area contributed by atoms with E-state index in [4.69, 9.17) is 4.74 Å². The zero-order chi connectivity index (χ0) is 21.3. The molecule has 3 aromatic carbocycles. The Kier molecular flexibility index (Phi) is 7.51. The van der Waals surface area contributed by atoms with Gasteiger partial charge in [-0.15, -0.1) is 0 Å². The van der Waals surface area contributed by atoms with Gasteiger partial charge < -0.3 is 10.1 Å². The van der Waals surface area contributed by atoms with E-state index in [2.05, 4.69) is 5.32 Å². The lowest BCUT2D eigenvalue weighted by Gasteiger charge is -2.12. The van der Waals surface area contributed by atoms with Gasteiger partial charge >= 0.3 is 5.97 Å². The van der Waals surface area contributed by atoms with E-state index in [1.165, 1.54) is 0 Å². The number of esters is 1. The summed E-state index contributed by atoms with van der Waals surface area (Å²) in [6.45, 7) is 1.35. The van der Waals surface area contributed by atoms with Crippen molar-refractivity contribution in [1.29, 1.82) is 0 Å². The van der Waals surface area contributed by atoms with E-state index in [1.807, 2.05) is 54.6 Å². The lowest BCUT2D eigenvalue weighted by atomic mass is 10.0. The van der Waals surface area contributed by atoms with Crippen LogP contribution in [0.25, 0.3) is 0 Å². The highest BCUT2D eigenvalue weighted by Gasteiger charge is 2.17. The number of ether oxygens (including phenoxy) is 1. The van der Waals surface area contributed by atoms with Gasteiger partial charge in [0.1, 0.15) is 0 Å². The minimum absolute atomic E-state index is 0.218. The number of hydrogen-bond donors (Lipinski definition) is 1. The highest BCUT2D eigenvalue weighted by molar-refractivity contribution is 7.85. The van der Waals surface area contributed by atoms with Crippen molar-refractivity contribution >= 4 is 28.4 Å². The standard InChI is InChI=1S/C24H23NO4S/c1-2-30(28)22-15-9-7-13-20(22)24(27)29-17-23(26)25-21-14-8-6-12-19(21)16-18-10-4-3-5-11-18/h3-15H,2,16-17H2,1H3,(H,25,26)/t30-/m1/s1. The third-order valence-corrected chi connectivity index (χ3v) is 5.85. The molecule has 0 aliphatic heterocycles. The molecule has 0 fully saturated rings. The van der Waals surface area contributed by atoms with E-state index in [0.29, 0.717) is 22.8 Å². The normalized spacial score (nSPS) is 11.5. The van der Waals surface area contributed by atoms with Crippen LogP contribution in [0.4, 0.5) is 5.69 Å². The maximum absolute atomic E-state index is 12.4. The summed E-state index contributed by atoms with van der Waals surface area (Å²) in [6.07, 6.45) is 0.674. The summed E-state index contributed by atoms with van der Waals surface area (Å²) in [5.74, 6) is -0.707. The second-order valence-electron chi connectivity index (χ2n) is 6.57. The molecule has 0 saturated carbocycles. The Bertz CT molecular complexity index is 1050. The van der Waals surface area contributed by atoms with Crippen molar-refractivity contribution in [2.75, 3.05) is 17.7 Å². The second-order valence-corrected chi connectivity index (χ2v) is 8.28. The monoisotopic (exact) mass is 421 g/mol. The van der Waals surface area contributed by atoms with Gasteiger partial charge in [0.15, 0.2) is 6.61 Å². The maximum Gasteiger partial charge on any atom is 0.339 e. The lowest BCUT2D eigenvalue weighted by molar-refractivity contribution is -0.119. The molecule has 0 aliphatic rings. The molecule has 0 unspecified atom stereocenters. The van der Waals surface area contributed by atoms with Gasteiger partial charge in [0.25, 0.3) is 5.91 Å². The van der Waals surface area contributed by atoms with Gasteiger partial charge in [-0.25, -0.2) is 4.79 Å². The molecule has 3 rings (SSSR count). The number of carbonyl (C=O) groups is 2. The lowest BCUT2D eigenvalue weighted by Crippen LogP contribution is -2.22. The first-order valence-electron chi connectivity index (χ1n) is 9.64. The first-order valence-corrected chi connectivity index (χ1v) is 11.0. The third kappa shape index (κ3) is 5.64. The molecule has 3 aromatic rings. The minimum atomic E-state index is -1.29. The molecular weight excluding hydrogens is 398 g/mol. The Labute approximate surface area is 178 Å². The Morgan fingerprint density at radius 2 is 1.57 bits per heavy atom. The number of hydrogen-bond acceptors (Lipinski definition) is 4. The molecule has 1 N–H and O–H groups in total. The number of para-hydroxylation sites is 1. The summed E-state index contributed by atoms with van der Waals surface area (Å²) in [6, 6.07) is 24.1. The Balaban J connectivity index is 1.63. The maximum atomic E-state index is 12.4. The number of amides is 1. The van der Waals surface area contributed by atoms with Crippen LogP contribution in [0, 0.1) is 0 Å². The van der Waals surface area contributed by atoms with Gasteiger partial charge in [-0.1, -0.05) is 67.6 Å². The van der Waals surface area contributed by atoms with Crippen LogP contribution in [0.5, 0.6) is 0 Å². The van der Waals surface area contributed by atoms with Crippen LogP contribution < -0.4 is 5.32 Å². The first-order chi connectivity index (χ1) is 14.6. The van der Waals surface area contributed by atoms with Gasteiger partial charge in [-0.05, 0) is 35.7 Å². The van der Waals surface area contributed by atoms with E-state index < -0.39 is 29.3 Å². The number of carbonyl (C=O) groups excluding carboxylic acids is 2. The minimum Gasteiger partial charge on any atom is -0.452 e. The highest BCUT2D eigenvalue weighted by atomic mass is 32.2. The Morgan fingerprint density at radius 1 is 0.900 bits per heavy atom. The average molecular weight is 422 g/mol. The van der Waals surface area contributed by atoms with E-state index in [-0.39, 0.29) is 5.56 Å². The van der Waals surface area contributed by atoms with Crippen LogP contribution in [0.2, 0.25) is 0 Å². The van der Waals surface area contributed by atoms with Gasteiger partial charge in [-0.2, -0.15) is 0 Å². The van der Waals surface area contributed by atoms with Crippen molar-refractivity contribution < 1.29 is 18.5 Å². The average Bonchev–Trinajstić information content (AvgIpc) is 2.79. The smallest absolute Gasteiger partial charge is 0.339 e. The van der Waals surface area contributed by atoms with Crippen molar-refractivity contribution in [3.63, 3.8) is 0 Å². The molecule has 30 heavy (non-hydrogen) atoms. The van der Waals surface area contributed by atoms with E-state index in [1.54, 1.807) is 31.2 Å². The van der Waals surface area contributed by atoms with Crippen molar-refractivity contribution in [3.05, 3.63) is 95.6 Å². The SMILES string of the molecule is CC[S@@](=O)c1ccccc1C(=O)OCC(=O)Nc1ccccc1Cc1ccccc1. The number of benzene rings is 3. The van der Waals surface area contributed by atoms with Crippen molar-refractivity contribution in [1.82, 2.24) is 0 Å². The molecule has 0 aliphatic carbocycles. The first kappa shape index (κ1) is 21.5. The molecule has 0 saturated heterocycles. The fraction of sp³-hybridized carbons (Fsp3) is 0.167. The van der Waals surface area contributed by atoms with E-state index in [0.717, 1.165) is 11.1 Å². The summed E-state index contributed by atoms with van der Waals surface area (Å²) >= 11 is 0.